The van der Waals surface area contributed by atoms with E-state index in [2.05, 4.69) is 10.2 Å². The van der Waals surface area contributed by atoms with E-state index in [1.807, 2.05) is 24.3 Å². The lowest BCUT2D eigenvalue weighted by Crippen LogP contribution is -2.37. The molecular weight excluding hydrogens is 390 g/mol. The summed E-state index contributed by atoms with van der Waals surface area (Å²) in [5.41, 5.74) is 9.44. The van der Waals surface area contributed by atoms with Gasteiger partial charge < -0.3 is 15.8 Å². The van der Waals surface area contributed by atoms with Crippen molar-refractivity contribution in [1.82, 2.24) is 4.90 Å². The van der Waals surface area contributed by atoms with Gasteiger partial charge >= 0.3 is 0 Å². The number of hydrogen-bond acceptors (Lipinski definition) is 6. The summed E-state index contributed by atoms with van der Waals surface area (Å²) in [5, 5.41) is 3.44. The van der Waals surface area contributed by atoms with Crippen LogP contribution in [0.25, 0.3) is 0 Å². The van der Waals surface area contributed by atoms with Crippen molar-refractivity contribution >= 4 is 17.3 Å². The van der Waals surface area contributed by atoms with E-state index in [0.717, 1.165) is 76.3 Å². The van der Waals surface area contributed by atoms with Gasteiger partial charge in [0, 0.05) is 42.0 Å². The van der Waals surface area contributed by atoms with E-state index in [1.165, 1.54) is 0 Å². The number of anilines is 1. The predicted octanol–water partition coefficient (Wildman–Crippen LogP) is 2.88. The van der Waals surface area contributed by atoms with E-state index < -0.39 is 0 Å². The zero-order valence-corrected chi connectivity index (χ0v) is 18.0. The molecule has 6 heteroatoms. The van der Waals surface area contributed by atoms with Gasteiger partial charge in [-0.25, -0.2) is 0 Å². The Morgan fingerprint density at radius 1 is 0.903 bits per heavy atom. The fourth-order valence-electron chi connectivity index (χ4n) is 4.46. The SMILES string of the molecule is NCCCCc1ccc(NCCCN2CCOCC2)c2c1C(=O)c1ccccc1C2=O. The van der Waals surface area contributed by atoms with Gasteiger partial charge in [-0.3, -0.25) is 14.5 Å². The third kappa shape index (κ3) is 4.71. The van der Waals surface area contributed by atoms with E-state index >= 15 is 0 Å². The monoisotopic (exact) mass is 421 g/mol. The minimum Gasteiger partial charge on any atom is -0.384 e. The first-order valence-corrected chi connectivity index (χ1v) is 11.3. The number of nitrogens with one attached hydrogen (secondary N) is 1. The van der Waals surface area contributed by atoms with Gasteiger partial charge in [0.05, 0.1) is 18.8 Å². The van der Waals surface area contributed by atoms with Crippen molar-refractivity contribution in [2.24, 2.45) is 5.73 Å². The predicted molar refractivity (Wildman–Crippen MR) is 122 cm³/mol. The number of rotatable bonds is 9. The van der Waals surface area contributed by atoms with Crippen molar-refractivity contribution in [3.05, 3.63) is 64.2 Å². The molecule has 6 nitrogen and oxygen atoms in total. The second-order valence-electron chi connectivity index (χ2n) is 8.21. The third-order valence-corrected chi connectivity index (χ3v) is 6.13. The molecule has 0 radical (unpaired) electrons. The fraction of sp³-hybridized carbons (Fsp3) is 0.440. The Labute approximate surface area is 183 Å². The maximum atomic E-state index is 13.4. The van der Waals surface area contributed by atoms with Gasteiger partial charge in [0.15, 0.2) is 11.6 Å². The summed E-state index contributed by atoms with van der Waals surface area (Å²) < 4.78 is 5.40. The Bertz CT molecular complexity index is 951. The van der Waals surface area contributed by atoms with E-state index in [0.29, 0.717) is 28.8 Å². The molecular formula is C25H31N3O3. The minimum atomic E-state index is -0.0680. The van der Waals surface area contributed by atoms with Crippen LogP contribution in [0.5, 0.6) is 0 Å². The molecule has 2 aromatic carbocycles. The first kappa shape index (κ1) is 21.7. The molecule has 0 saturated carbocycles. The van der Waals surface area contributed by atoms with Gasteiger partial charge in [0.25, 0.3) is 0 Å². The summed E-state index contributed by atoms with van der Waals surface area (Å²) in [6, 6.07) is 11.1. The average molecular weight is 422 g/mol. The Kier molecular flexibility index (Phi) is 7.12. The molecule has 3 N–H and O–H groups in total. The molecule has 1 aliphatic carbocycles. The number of carbonyl (C=O) groups is 2. The summed E-state index contributed by atoms with van der Waals surface area (Å²) in [6.45, 7) is 5.89. The van der Waals surface area contributed by atoms with E-state index in [4.69, 9.17) is 10.5 Å². The normalized spacial score (nSPS) is 16.2. The summed E-state index contributed by atoms with van der Waals surface area (Å²) >= 11 is 0. The van der Waals surface area contributed by atoms with Gasteiger partial charge in [-0.2, -0.15) is 0 Å². The number of unbranched alkanes of at least 4 members (excludes halogenated alkanes) is 1. The number of fused-ring (bicyclic) bond motifs is 2. The smallest absolute Gasteiger partial charge is 0.196 e. The molecule has 164 valence electrons. The van der Waals surface area contributed by atoms with E-state index in [-0.39, 0.29) is 11.6 Å². The quantitative estimate of drug-likeness (QED) is 0.517. The summed E-state index contributed by atoms with van der Waals surface area (Å²) in [6.07, 6.45) is 3.51. The summed E-state index contributed by atoms with van der Waals surface area (Å²) in [5.74, 6) is -0.119. The molecule has 0 amide bonds. The van der Waals surface area contributed by atoms with Gasteiger partial charge in [-0.1, -0.05) is 30.3 Å². The molecule has 0 spiro atoms. The number of benzene rings is 2. The highest BCUT2D eigenvalue weighted by molar-refractivity contribution is 6.30. The molecule has 0 atom stereocenters. The van der Waals surface area contributed by atoms with Gasteiger partial charge in [0.2, 0.25) is 0 Å². The Balaban J connectivity index is 1.56. The zero-order valence-electron chi connectivity index (χ0n) is 18.0. The van der Waals surface area contributed by atoms with Crippen LogP contribution < -0.4 is 11.1 Å². The van der Waals surface area contributed by atoms with Crippen LogP contribution in [-0.4, -0.2) is 62.4 Å². The molecule has 1 aliphatic heterocycles. The van der Waals surface area contributed by atoms with Crippen LogP contribution >= 0.6 is 0 Å². The molecule has 4 rings (SSSR count). The number of ketones is 2. The fourth-order valence-corrected chi connectivity index (χ4v) is 4.46. The van der Waals surface area contributed by atoms with Crippen LogP contribution in [-0.2, 0) is 11.2 Å². The molecule has 1 heterocycles. The number of morpholine rings is 1. The van der Waals surface area contributed by atoms with Crippen molar-refractivity contribution in [2.45, 2.75) is 25.7 Å². The summed E-state index contributed by atoms with van der Waals surface area (Å²) in [4.78, 5) is 29.2. The van der Waals surface area contributed by atoms with Gasteiger partial charge in [-0.15, -0.1) is 0 Å². The lowest BCUT2D eigenvalue weighted by molar-refractivity contribution is 0.0378. The molecule has 0 bridgehead atoms. The summed E-state index contributed by atoms with van der Waals surface area (Å²) in [7, 11) is 0. The first-order chi connectivity index (χ1) is 15.2. The van der Waals surface area contributed by atoms with Crippen LogP contribution in [0, 0.1) is 0 Å². The molecule has 0 aromatic heterocycles. The number of hydrogen-bond donors (Lipinski definition) is 2. The lowest BCUT2D eigenvalue weighted by atomic mass is 9.80. The topological polar surface area (TPSA) is 84.7 Å². The number of carbonyl (C=O) groups excluding carboxylic acids is 2. The number of aryl methyl sites for hydroxylation is 1. The third-order valence-electron chi connectivity index (χ3n) is 6.13. The van der Waals surface area contributed by atoms with Crippen molar-refractivity contribution in [1.29, 1.82) is 0 Å². The van der Waals surface area contributed by atoms with E-state index in [1.54, 1.807) is 12.1 Å². The van der Waals surface area contributed by atoms with Crippen molar-refractivity contribution in [3.63, 3.8) is 0 Å². The van der Waals surface area contributed by atoms with Crippen molar-refractivity contribution < 1.29 is 14.3 Å². The Morgan fingerprint density at radius 2 is 1.61 bits per heavy atom. The van der Waals surface area contributed by atoms with Crippen molar-refractivity contribution in [3.8, 4) is 0 Å². The second-order valence-corrected chi connectivity index (χ2v) is 8.21. The number of nitrogens with two attached hydrogens (primary N) is 1. The Hall–Kier alpha value is -2.54. The van der Waals surface area contributed by atoms with Crippen LogP contribution in [0.15, 0.2) is 36.4 Å². The van der Waals surface area contributed by atoms with Crippen LogP contribution in [0.2, 0.25) is 0 Å². The van der Waals surface area contributed by atoms with Crippen LogP contribution in [0.3, 0.4) is 0 Å². The van der Waals surface area contributed by atoms with Crippen LogP contribution in [0.1, 0.15) is 56.7 Å². The molecule has 0 unspecified atom stereocenters. The molecule has 1 fully saturated rings. The number of ether oxygens (including phenoxy) is 1. The second kappa shape index (κ2) is 10.2. The molecule has 31 heavy (non-hydrogen) atoms. The molecule has 2 aromatic rings. The zero-order chi connectivity index (χ0) is 21.6. The first-order valence-electron chi connectivity index (χ1n) is 11.3. The Morgan fingerprint density at radius 3 is 2.32 bits per heavy atom. The maximum Gasteiger partial charge on any atom is 0.196 e. The molecule has 2 aliphatic rings. The standard InChI is InChI=1S/C25H31N3O3/c26-11-4-3-6-18-9-10-21(27-12-5-13-28-14-16-31-17-15-28)23-22(18)24(29)19-7-1-2-8-20(19)25(23)30/h1-2,7-10,27H,3-6,11-17,26H2. The van der Waals surface area contributed by atoms with Crippen LogP contribution in [0.4, 0.5) is 5.69 Å². The number of nitrogens with zero attached hydrogens (tertiary/aromatic N) is 1. The minimum absolute atomic E-state index is 0.0510. The largest absolute Gasteiger partial charge is 0.384 e. The average Bonchev–Trinajstić information content (AvgIpc) is 2.81. The highest BCUT2D eigenvalue weighted by Crippen LogP contribution is 2.34. The van der Waals surface area contributed by atoms with Crippen molar-refractivity contribution in [2.75, 3.05) is 51.3 Å². The highest BCUT2D eigenvalue weighted by Gasteiger charge is 2.33. The van der Waals surface area contributed by atoms with Gasteiger partial charge in [-0.05, 0) is 50.4 Å². The van der Waals surface area contributed by atoms with E-state index in [9.17, 15) is 9.59 Å². The maximum absolute atomic E-state index is 13.4. The lowest BCUT2D eigenvalue weighted by Gasteiger charge is -2.27. The molecule has 1 saturated heterocycles. The van der Waals surface area contributed by atoms with Gasteiger partial charge in [0.1, 0.15) is 0 Å². The highest BCUT2D eigenvalue weighted by atomic mass is 16.5.